The number of amides is 1. The van der Waals surface area contributed by atoms with Crippen LogP contribution in [0.5, 0.6) is 5.75 Å². The van der Waals surface area contributed by atoms with Crippen molar-refractivity contribution in [2.45, 2.75) is 51.4 Å². The van der Waals surface area contributed by atoms with Crippen molar-refractivity contribution in [2.75, 3.05) is 6.54 Å². The Hall–Kier alpha value is -1.26. The van der Waals surface area contributed by atoms with Crippen molar-refractivity contribution in [2.24, 2.45) is 23.2 Å². The van der Waals surface area contributed by atoms with Crippen molar-refractivity contribution in [1.82, 2.24) is 5.32 Å². The second-order valence-electron chi connectivity index (χ2n) is 8.58. The van der Waals surface area contributed by atoms with Gasteiger partial charge in [0.1, 0.15) is 5.02 Å². The molecule has 0 unspecified atom stereocenters. The first-order chi connectivity index (χ1) is 12.9. The highest BCUT2D eigenvalue weighted by atomic mass is 35.5. The molecule has 4 aliphatic rings. The third-order valence-corrected chi connectivity index (χ3v) is 7.30. The number of esters is 1. The standard InChI is InChI=1S/C21H25Cl2NO3/c22-16-3-1-4-17(19(16)23)27-18(25)5-2-6-24-20(26)21-10-13-7-14(11-21)9-15(8-13)12-21/h1,3-4,13-15H,2,5-12H2,(H,24,26). The molecule has 1 aromatic carbocycles. The van der Waals surface area contributed by atoms with Crippen LogP contribution in [0.3, 0.4) is 0 Å². The van der Waals surface area contributed by atoms with Crippen LogP contribution in [0.1, 0.15) is 51.4 Å². The van der Waals surface area contributed by atoms with Crippen LogP contribution >= 0.6 is 23.2 Å². The van der Waals surface area contributed by atoms with E-state index in [1.54, 1.807) is 18.2 Å². The zero-order chi connectivity index (χ0) is 19.0. The monoisotopic (exact) mass is 409 g/mol. The lowest BCUT2D eigenvalue weighted by atomic mass is 9.49. The maximum Gasteiger partial charge on any atom is 0.311 e. The van der Waals surface area contributed by atoms with E-state index >= 15 is 0 Å². The topological polar surface area (TPSA) is 55.4 Å². The molecule has 4 bridgehead atoms. The first kappa shape index (κ1) is 19.1. The highest BCUT2D eigenvalue weighted by molar-refractivity contribution is 6.43. The quantitative estimate of drug-likeness (QED) is 0.407. The third-order valence-electron chi connectivity index (χ3n) is 6.50. The summed E-state index contributed by atoms with van der Waals surface area (Å²) in [7, 11) is 0. The molecule has 5 rings (SSSR count). The summed E-state index contributed by atoms with van der Waals surface area (Å²) in [6.07, 6.45) is 7.92. The Morgan fingerprint density at radius 3 is 2.33 bits per heavy atom. The molecule has 0 atom stereocenters. The van der Waals surface area contributed by atoms with Gasteiger partial charge in [0, 0.05) is 18.4 Å². The Morgan fingerprint density at radius 2 is 1.70 bits per heavy atom. The zero-order valence-corrected chi connectivity index (χ0v) is 16.8. The number of rotatable bonds is 6. The van der Waals surface area contributed by atoms with Gasteiger partial charge in [0.15, 0.2) is 5.75 Å². The highest BCUT2D eigenvalue weighted by Crippen LogP contribution is 2.60. The summed E-state index contributed by atoms with van der Waals surface area (Å²) in [6, 6.07) is 4.94. The molecule has 0 saturated heterocycles. The largest absolute Gasteiger partial charge is 0.425 e. The number of hydrogen-bond donors (Lipinski definition) is 1. The average Bonchev–Trinajstić information content (AvgIpc) is 2.61. The molecule has 1 amide bonds. The molecule has 4 aliphatic carbocycles. The van der Waals surface area contributed by atoms with E-state index in [4.69, 9.17) is 27.9 Å². The smallest absolute Gasteiger partial charge is 0.311 e. The minimum Gasteiger partial charge on any atom is -0.425 e. The van der Waals surface area contributed by atoms with Gasteiger partial charge in [0.2, 0.25) is 5.91 Å². The normalized spacial score (nSPS) is 31.0. The van der Waals surface area contributed by atoms with Gasteiger partial charge in [-0.15, -0.1) is 0 Å². The highest BCUT2D eigenvalue weighted by Gasteiger charge is 2.54. The van der Waals surface area contributed by atoms with E-state index in [9.17, 15) is 9.59 Å². The number of carbonyl (C=O) groups excluding carboxylic acids is 2. The van der Waals surface area contributed by atoms with Crippen molar-refractivity contribution in [1.29, 1.82) is 0 Å². The molecule has 4 nitrogen and oxygen atoms in total. The van der Waals surface area contributed by atoms with Gasteiger partial charge < -0.3 is 10.1 Å². The SMILES string of the molecule is O=C(CCCNC(=O)C12CC3CC(CC(C3)C1)C2)Oc1cccc(Cl)c1Cl. The minimum absolute atomic E-state index is 0.135. The van der Waals surface area contributed by atoms with Gasteiger partial charge in [0.25, 0.3) is 0 Å². The fraction of sp³-hybridized carbons (Fsp3) is 0.619. The van der Waals surface area contributed by atoms with Crippen LogP contribution in [-0.2, 0) is 9.59 Å². The maximum absolute atomic E-state index is 12.9. The number of carbonyl (C=O) groups is 2. The van der Waals surface area contributed by atoms with Crippen molar-refractivity contribution < 1.29 is 14.3 Å². The third kappa shape index (κ3) is 3.97. The van der Waals surface area contributed by atoms with Crippen LogP contribution in [0.4, 0.5) is 0 Å². The van der Waals surface area contributed by atoms with Crippen LogP contribution in [-0.4, -0.2) is 18.4 Å². The van der Waals surface area contributed by atoms with Gasteiger partial charge in [-0.3, -0.25) is 9.59 Å². The van der Waals surface area contributed by atoms with Gasteiger partial charge in [0.05, 0.1) is 5.02 Å². The molecule has 4 fully saturated rings. The number of halogens is 2. The van der Waals surface area contributed by atoms with E-state index in [1.807, 2.05) is 0 Å². The van der Waals surface area contributed by atoms with Crippen LogP contribution < -0.4 is 10.1 Å². The molecule has 0 aliphatic heterocycles. The zero-order valence-electron chi connectivity index (χ0n) is 15.3. The van der Waals surface area contributed by atoms with E-state index in [1.165, 1.54) is 19.3 Å². The molecule has 0 spiro atoms. The summed E-state index contributed by atoms with van der Waals surface area (Å²) in [5.74, 6) is 2.35. The molecule has 1 N–H and O–H groups in total. The van der Waals surface area contributed by atoms with Crippen molar-refractivity contribution >= 4 is 35.1 Å². The number of hydrogen-bond acceptors (Lipinski definition) is 3. The maximum atomic E-state index is 12.9. The second kappa shape index (κ2) is 7.63. The summed E-state index contributed by atoms with van der Waals surface area (Å²) in [5, 5.41) is 3.68. The van der Waals surface area contributed by atoms with Crippen LogP contribution in [0.25, 0.3) is 0 Å². The fourth-order valence-corrected chi connectivity index (χ4v) is 6.08. The molecule has 0 heterocycles. The Bertz CT molecular complexity index is 714. The van der Waals surface area contributed by atoms with Crippen molar-refractivity contribution in [3.05, 3.63) is 28.2 Å². The molecular formula is C21H25Cl2NO3. The Kier molecular flexibility index (Phi) is 5.39. The number of benzene rings is 1. The van der Waals surface area contributed by atoms with Gasteiger partial charge in [-0.1, -0.05) is 29.3 Å². The number of ether oxygens (including phenoxy) is 1. The minimum atomic E-state index is -0.372. The molecule has 146 valence electrons. The Balaban J connectivity index is 1.23. The Labute approximate surface area is 169 Å². The summed E-state index contributed by atoms with van der Waals surface area (Å²) in [5.41, 5.74) is -0.135. The van der Waals surface area contributed by atoms with Gasteiger partial charge in [-0.05, 0) is 74.8 Å². The lowest BCUT2D eigenvalue weighted by Gasteiger charge is -2.55. The first-order valence-corrected chi connectivity index (χ1v) is 10.6. The summed E-state index contributed by atoms with van der Waals surface area (Å²) < 4.78 is 5.27. The lowest BCUT2D eigenvalue weighted by Crippen LogP contribution is -2.53. The second-order valence-corrected chi connectivity index (χ2v) is 9.37. The van der Waals surface area contributed by atoms with Gasteiger partial charge in [-0.25, -0.2) is 0 Å². The van der Waals surface area contributed by atoms with E-state index in [0.717, 1.165) is 37.0 Å². The molecule has 0 radical (unpaired) electrons. The molecule has 0 aromatic heterocycles. The van der Waals surface area contributed by atoms with E-state index < -0.39 is 0 Å². The van der Waals surface area contributed by atoms with Crippen molar-refractivity contribution in [3.8, 4) is 5.75 Å². The van der Waals surface area contributed by atoms with Crippen LogP contribution in [0, 0.1) is 23.2 Å². The van der Waals surface area contributed by atoms with Gasteiger partial charge >= 0.3 is 5.97 Å². The Morgan fingerprint density at radius 1 is 1.07 bits per heavy atom. The molecule has 27 heavy (non-hydrogen) atoms. The van der Waals surface area contributed by atoms with Crippen LogP contribution in [0.2, 0.25) is 10.0 Å². The predicted molar refractivity (Wildman–Crippen MR) is 105 cm³/mol. The van der Waals surface area contributed by atoms with E-state index in [-0.39, 0.29) is 34.5 Å². The summed E-state index contributed by atoms with van der Waals surface area (Å²) in [4.78, 5) is 24.9. The van der Waals surface area contributed by atoms with E-state index in [2.05, 4.69) is 5.32 Å². The molecular weight excluding hydrogens is 385 g/mol. The number of nitrogens with one attached hydrogen (secondary N) is 1. The first-order valence-electron chi connectivity index (χ1n) is 9.88. The van der Waals surface area contributed by atoms with E-state index in [0.29, 0.717) is 18.0 Å². The summed E-state index contributed by atoms with van der Waals surface area (Å²) in [6.45, 7) is 0.499. The molecule has 6 heteroatoms. The predicted octanol–water partition coefficient (Wildman–Crippen LogP) is 5.01. The summed E-state index contributed by atoms with van der Waals surface area (Å²) >= 11 is 11.9. The van der Waals surface area contributed by atoms with Crippen LogP contribution in [0.15, 0.2) is 18.2 Å². The molecule has 1 aromatic rings. The lowest BCUT2D eigenvalue weighted by molar-refractivity contribution is -0.146. The molecule has 4 saturated carbocycles. The average molecular weight is 410 g/mol. The van der Waals surface area contributed by atoms with Crippen molar-refractivity contribution in [3.63, 3.8) is 0 Å². The van der Waals surface area contributed by atoms with Gasteiger partial charge in [-0.2, -0.15) is 0 Å². The fourth-order valence-electron chi connectivity index (χ4n) is 5.75.